The van der Waals surface area contributed by atoms with Gasteiger partial charge in [0.15, 0.2) is 0 Å². The number of hydrogen-bond acceptors (Lipinski definition) is 0. The monoisotopic (exact) mass is 366 g/mol. The van der Waals surface area contributed by atoms with Gasteiger partial charge in [-0.25, -0.2) is 0 Å². The topological polar surface area (TPSA) is 0 Å². The minimum Gasteiger partial charge on any atom is -0.0835 e. The highest BCUT2D eigenvalue weighted by atomic mass is 79.9. The van der Waals surface area contributed by atoms with Crippen molar-refractivity contribution in [2.45, 2.75) is 25.1 Å². The van der Waals surface area contributed by atoms with Crippen LogP contribution in [0.15, 0.2) is 46.9 Å². The molecule has 0 nitrogen and oxygen atoms in total. The van der Waals surface area contributed by atoms with Crippen molar-refractivity contribution in [3.63, 3.8) is 0 Å². The Labute approximate surface area is 126 Å². The summed E-state index contributed by atoms with van der Waals surface area (Å²) in [5.74, 6) is 0. The first kappa shape index (κ1) is 13.8. The predicted molar refractivity (Wildman–Crippen MR) is 85.4 cm³/mol. The predicted octanol–water partition coefficient (Wildman–Crippen LogP) is 5.74. The van der Waals surface area contributed by atoms with Gasteiger partial charge in [0.1, 0.15) is 0 Å². The first-order valence-corrected chi connectivity index (χ1v) is 7.74. The molecule has 0 saturated carbocycles. The number of aryl methyl sites for hydroxylation is 2. The van der Waals surface area contributed by atoms with E-state index < -0.39 is 0 Å². The number of rotatable bonds is 3. The molecule has 1 atom stereocenters. The van der Waals surface area contributed by atoms with Crippen LogP contribution in [0.5, 0.6) is 0 Å². The summed E-state index contributed by atoms with van der Waals surface area (Å²) >= 11 is 7.49. The lowest BCUT2D eigenvalue weighted by Gasteiger charge is -2.15. The largest absolute Gasteiger partial charge is 0.0835 e. The second-order valence-corrected chi connectivity index (χ2v) is 6.47. The van der Waals surface area contributed by atoms with E-state index >= 15 is 0 Å². The summed E-state index contributed by atoms with van der Waals surface area (Å²) in [5.41, 5.74) is 5.35. The molecule has 0 saturated heterocycles. The van der Waals surface area contributed by atoms with Crippen LogP contribution in [0.4, 0.5) is 0 Å². The van der Waals surface area contributed by atoms with Crippen molar-refractivity contribution >= 4 is 31.9 Å². The third kappa shape index (κ3) is 3.04. The van der Waals surface area contributed by atoms with E-state index in [1.54, 1.807) is 0 Å². The number of hydrogen-bond donors (Lipinski definition) is 0. The fourth-order valence-electron chi connectivity index (χ4n) is 2.05. The van der Waals surface area contributed by atoms with Gasteiger partial charge < -0.3 is 0 Å². The highest BCUT2D eigenvalue weighted by molar-refractivity contribution is 9.11. The molecule has 0 fully saturated rings. The van der Waals surface area contributed by atoms with E-state index in [4.69, 9.17) is 0 Å². The Bertz CT molecular complexity index is 547. The molecule has 0 heterocycles. The van der Waals surface area contributed by atoms with Gasteiger partial charge in [0, 0.05) is 9.30 Å². The molecule has 2 aromatic carbocycles. The molecule has 0 radical (unpaired) electrons. The van der Waals surface area contributed by atoms with Crippen LogP contribution >= 0.6 is 31.9 Å². The maximum atomic E-state index is 3.81. The van der Waals surface area contributed by atoms with Crippen LogP contribution in [0.25, 0.3) is 0 Å². The highest BCUT2D eigenvalue weighted by Gasteiger charge is 2.13. The molecule has 2 aromatic rings. The van der Waals surface area contributed by atoms with E-state index in [1.807, 2.05) is 0 Å². The Hall–Kier alpha value is -0.600. The molecule has 2 rings (SSSR count). The Morgan fingerprint density at radius 3 is 2.33 bits per heavy atom. The second-order valence-electron chi connectivity index (χ2n) is 4.58. The minimum absolute atomic E-state index is 0.341. The minimum atomic E-state index is 0.341. The van der Waals surface area contributed by atoms with Gasteiger partial charge in [-0.2, -0.15) is 0 Å². The van der Waals surface area contributed by atoms with Crippen molar-refractivity contribution in [3.8, 4) is 0 Å². The first-order valence-electron chi connectivity index (χ1n) is 6.03. The van der Waals surface area contributed by atoms with E-state index in [1.165, 1.54) is 26.7 Å². The lowest BCUT2D eigenvalue weighted by molar-refractivity contribution is 0.931. The molecule has 0 aliphatic rings. The SMILES string of the molecule is Cc1ccccc1CC(Br)c1cccc(C)c1Br. The van der Waals surface area contributed by atoms with Gasteiger partial charge in [-0.15, -0.1) is 0 Å². The van der Waals surface area contributed by atoms with Crippen molar-refractivity contribution in [3.05, 3.63) is 69.2 Å². The molecule has 2 heteroatoms. The quantitative estimate of drug-likeness (QED) is 0.606. The van der Waals surface area contributed by atoms with Crippen LogP contribution in [0, 0.1) is 13.8 Å². The lowest BCUT2D eigenvalue weighted by atomic mass is 10.00. The molecule has 94 valence electrons. The number of alkyl halides is 1. The molecule has 0 aliphatic heterocycles. The fourth-order valence-corrected chi connectivity index (χ4v) is 3.63. The van der Waals surface area contributed by atoms with E-state index in [-0.39, 0.29) is 0 Å². The van der Waals surface area contributed by atoms with Crippen molar-refractivity contribution in [2.24, 2.45) is 0 Å². The second kappa shape index (κ2) is 6.03. The van der Waals surface area contributed by atoms with E-state index in [0.29, 0.717) is 4.83 Å². The normalized spacial score (nSPS) is 12.4. The molecular weight excluding hydrogens is 352 g/mol. The first-order chi connectivity index (χ1) is 8.59. The molecular formula is C16H16Br2. The van der Waals surface area contributed by atoms with E-state index in [0.717, 1.165) is 6.42 Å². The maximum absolute atomic E-state index is 3.81. The number of benzene rings is 2. The number of halogens is 2. The summed E-state index contributed by atoms with van der Waals surface area (Å²) in [4.78, 5) is 0.341. The van der Waals surface area contributed by atoms with Crippen molar-refractivity contribution in [1.29, 1.82) is 0 Å². The van der Waals surface area contributed by atoms with Gasteiger partial charge >= 0.3 is 0 Å². The van der Waals surface area contributed by atoms with Gasteiger partial charge in [-0.3, -0.25) is 0 Å². The zero-order valence-corrected chi connectivity index (χ0v) is 13.8. The lowest BCUT2D eigenvalue weighted by Crippen LogP contribution is -1.99. The molecule has 0 aromatic heterocycles. The third-order valence-electron chi connectivity index (χ3n) is 3.22. The molecule has 0 bridgehead atoms. The summed E-state index contributed by atoms with van der Waals surface area (Å²) in [6.45, 7) is 4.29. The molecule has 1 unspecified atom stereocenters. The van der Waals surface area contributed by atoms with Gasteiger partial charge in [-0.05, 0) is 42.5 Å². The Kier molecular flexibility index (Phi) is 4.63. The standard InChI is InChI=1S/C16H16Br2/c1-11-6-3-4-8-13(11)10-15(17)14-9-5-7-12(2)16(14)18/h3-9,15H,10H2,1-2H3. The summed E-state index contributed by atoms with van der Waals surface area (Å²) in [7, 11) is 0. The summed E-state index contributed by atoms with van der Waals surface area (Å²) in [5, 5.41) is 0. The van der Waals surface area contributed by atoms with Crippen molar-refractivity contribution in [2.75, 3.05) is 0 Å². The summed E-state index contributed by atoms with van der Waals surface area (Å²) in [6.07, 6.45) is 1.01. The average Bonchev–Trinajstić information content (AvgIpc) is 2.35. The fraction of sp³-hybridized carbons (Fsp3) is 0.250. The van der Waals surface area contributed by atoms with Crippen molar-refractivity contribution in [1.82, 2.24) is 0 Å². The van der Waals surface area contributed by atoms with E-state index in [2.05, 4.69) is 88.2 Å². The van der Waals surface area contributed by atoms with Crippen LogP contribution < -0.4 is 0 Å². The van der Waals surface area contributed by atoms with Gasteiger partial charge in [0.25, 0.3) is 0 Å². The van der Waals surface area contributed by atoms with E-state index in [9.17, 15) is 0 Å². The van der Waals surface area contributed by atoms with Crippen LogP contribution in [-0.2, 0) is 6.42 Å². The smallest absolute Gasteiger partial charge is 0.0446 e. The van der Waals surface area contributed by atoms with Crippen LogP contribution in [-0.4, -0.2) is 0 Å². The molecule has 18 heavy (non-hydrogen) atoms. The van der Waals surface area contributed by atoms with Crippen molar-refractivity contribution < 1.29 is 0 Å². The molecule has 0 spiro atoms. The maximum Gasteiger partial charge on any atom is 0.0446 e. The molecule has 0 amide bonds. The summed E-state index contributed by atoms with van der Waals surface area (Å²) in [6, 6.07) is 15.0. The Morgan fingerprint density at radius 1 is 0.944 bits per heavy atom. The zero-order valence-electron chi connectivity index (χ0n) is 10.6. The van der Waals surface area contributed by atoms with Gasteiger partial charge in [-0.1, -0.05) is 74.3 Å². The van der Waals surface area contributed by atoms with Gasteiger partial charge in [0.05, 0.1) is 0 Å². The average molecular weight is 368 g/mol. The van der Waals surface area contributed by atoms with Gasteiger partial charge in [0.2, 0.25) is 0 Å². The van der Waals surface area contributed by atoms with Crippen LogP contribution in [0.1, 0.15) is 27.1 Å². The Balaban J connectivity index is 2.25. The summed E-state index contributed by atoms with van der Waals surface area (Å²) < 4.78 is 1.21. The Morgan fingerprint density at radius 2 is 1.61 bits per heavy atom. The van der Waals surface area contributed by atoms with Crippen LogP contribution in [0.3, 0.4) is 0 Å². The van der Waals surface area contributed by atoms with Crippen LogP contribution in [0.2, 0.25) is 0 Å². The highest BCUT2D eigenvalue weighted by Crippen LogP contribution is 2.34. The molecule has 0 N–H and O–H groups in total. The third-order valence-corrected chi connectivity index (χ3v) is 5.12. The molecule has 0 aliphatic carbocycles. The zero-order chi connectivity index (χ0) is 13.1.